The molecule has 1 aromatic carbocycles. The molecule has 2 fully saturated rings. The Kier molecular flexibility index (Phi) is 4.65. The highest BCUT2D eigenvalue weighted by Crippen LogP contribution is 2.31. The first-order valence-corrected chi connectivity index (χ1v) is 9.27. The van der Waals surface area contributed by atoms with Crippen LogP contribution in [-0.2, 0) is 20.7 Å². The van der Waals surface area contributed by atoms with Crippen LogP contribution >= 0.6 is 0 Å². The molecule has 27 heavy (non-hydrogen) atoms. The number of ether oxygens (including phenoxy) is 2. The number of ketones is 1. The maximum atomic E-state index is 12.7. The van der Waals surface area contributed by atoms with E-state index in [1.165, 1.54) is 0 Å². The van der Waals surface area contributed by atoms with Crippen molar-refractivity contribution in [1.82, 2.24) is 5.32 Å². The Balaban J connectivity index is 1.63. The fourth-order valence-electron chi connectivity index (χ4n) is 3.68. The molecule has 0 aliphatic carbocycles. The lowest BCUT2D eigenvalue weighted by atomic mass is 9.92. The molecule has 2 saturated heterocycles. The van der Waals surface area contributed by atoms with Crippen molar-refractivity contribution in [2.45, 2.75) is 50.5 Å². The monoisotopic (exact) mass is 373 g/mol. The van der Waals surface area contributed by atoms with Gasteiger partial charge in [-0.3, -0.25) is 9.59 Å². The molecule has 0 radical (unpaired) electrons. The molecule has 144 valence electrons. The Morgan fingerprint density at radius 3 is 2.59 bits per heavy atom. The van der Waals surface area contributed by atoms with Gasteiger partial charge in [0.2, 0.25) is 0 Å². The summed E-state index contributed by atoms with van der Waals surface area (Å²) in [5.41, 5.74) is 0.635. The van der Waals surface area contributed by atoms with E-state index in [2.05, 4.69) is 5.32 Å². The molecule has 4 aliphatic heterocycles. The Morgan fingerprint density at radius 1 is 1.11 bits per heavy atom. The lowest BCUT2D eigenvalue weighted by molar-refractivity contribution is -0.117. The average Bonchev–Trinajstić information content (AvgIpc) is 3.35. The first-order valence-electron chi connectivity index (χ1n) is 9.27. The van der Waals surface area contributed by atoms with Crippen LogP contribution in [0.1, 0.15) is 25.3 Å². The maximum absolute atomic E-state index is 12.7. The van der Waals surface area contributed by atoms with Crippen LogP contribution in [0.15, 0.2) is 35.6 Å². The van der Waals surface area contributed by atoms with Crippen LogP contribution < -0.4 is 10.1 Å². The molecular weight excluding hydrogens is 350 g/mol. The summed E-state index contributed by atoms with van der Waals surface area (Å²) in [6.07, 6.45) is 0.473. The van der Waals surface area contributed by atoms with E-state index in [1.807, 2.05) is 24.3 Å². The third-order valence-corrected chi connectivity index (χ3v) is 5.57. The van der Waals surface area contributed by atoms with Gasteiger partial charge in [-0.2, -0.15) is 0 Å². The Labute approximate surface area is 157 Å². The number of Topliss-reactive ketones (excluding diaryl/α,β-unsaturated/α-hetero) is 1. The molecule has 3 N–H and O–H groups in total. The molecule has 1 amide bonds. The SMILES string of the molecule is C[C@H]1/C(O)=C2/C(=O)N[C@@H](Cc3ccc(cc3)OC[C@@H]3O[C@H]3CCC1O)C2=O. The number of carbonyl (C=O) groups is 2. The van der Waals surface area contributed by atoms with Gasteiger partial charge in [-0.05, 0) is 30.5 Å². The van der Waals surface area contributed by atoms with Crippen molar-refractivity contribution in [2.75, 3.05) is 6.61 Å². The van der Waals surface area contributed by atoms with E-state index in [4.69, 9.17) is 9.47 Å². The number of amides is 1. The van der Waals surface area contributed by atoms with Gasteiger partial charge in [-0.1, -0.05) is 19.1 Å². The molecule has 0 aromatic heterocycles. The van der Waals surface area contributed by atoms with Gasteiger partial charge in [0.1, 0.15) is 29.8 Å². The Morgan fingerprint density at radius 2 is 1.85 bits per heavy atom. The van der Waals surface area contributed by atoms with Gasteiger partial charge in [0.05, 0.1) is 18.2 Å². The van der Waals surface area contributed by atoms with Crippen LogP contribution in [0, 0.1) is 5.92 Å². The predicted octanol–water partition coefficient (Wildman–Crippen LogP) is 1.05. The largest absolute Gasteiger partial charge is 0.511 e. The van der Waals surface area contributed by atoms with Crippen LogP contribution in [0.25, 0.3) is 0 Å². The highest BCUT2D eigenvalue weighted by molar-refractivity contribution is 6.27. The summed E-state index contributed by atoms with van der Waals surface area (Å²) in [5.74, 6) is -1.37. The molecule has 7 nitrogen and oxygen atoms in total. The fraction of sp³-hybridized carbons (Fsp3) is 0.500. The number of aliphatic hydroxyl groups excluding tert-OH is 2. The first kappa shape index (κ1) is 18.0. The van der Waals surface area contributed by atoms with Gasteiger partial charge in [0.15, 0.2) is 5.78 Å². The quantitative estimate of drug-likeness (QED) is 0.463. The molecule has 4 aliphatic rings. The molecule has 5 rings (SSSR count). The summed E-state index contributed by atoms with van der Waals surface area (Å²) in [5, 5.41) is 23.5. The highest BCUT2D eigenvalue weighted by Gasteiger charge is 2.42. The van der Waals surface area contributed by atoms with Crippen LogP contribution in [0.4, 0.5) is 0 Å². The summed E-state index contributed by atoms with van der Waals surface area (Å²) in [4.78, 5) is 24.9. The van der Waals surface area contributed by atoms with Crippen LogP contribution in [0.2, 0.25) is 0 Å². The zero-order chi connectivity index (χ0) is 19.1. The van der Waals surface area contributed by atoms with E-state index in [0.717, 1.165) is 5.56 Å². The Hall–Kier alpha value is -2.38. The summed E-state index contributed by atoms with van der Waals surface area (Å²) < 4.78 is 11.3. The molecule has 7 heteroatoms. The molecule has 1 unspecified atom stereocenters. The van der Waals surface area contributed by atoms with Gasteiger partial charge in [0, 0.05) is 12.3 Å². The third kappa shape index (κ3) is 3.57. The smallest absolute Gasteiger partial charge is 0.259 e. The molecule has 0 saturated carbocycles. The van der Waals surface area contributed by atoms with Gasteiger partial charge in [0.25, 0.3) is 5.91 Å². The standard InChI is InChI=1S/C20H23NO6/c1-10-14(22)6-7-15-16(27-15)9-26-12-4-2-11(3-5-12)8-13-19(24)17(18(10)23)20(25)21-13/h2-5,10,13-16,22-23H,6-9H2,1H3,(H,21,25)/b18-17-/t10-,13+,14?,15+,16+/m1/s1. The zero-order valence-electron chi connectivity index (χ0n) is 15.1. The average molecular weight is 373 g/mol. The van der Waals surface area contributed by atoms with Crippen LogP contribution in [0.5, 0.6) is 5.75 Å². The maximum Gasteiger partial charge on any atom is 0.259 e. The molecule has 0 spiro atoms. The fourth-order valence-corrected chi connectivity index (χ4v) is 3.68. The van der Waals surface area contributed by atoms with Crippen molar-refractivity contribution in [3.8, 4) is 5.75 Å². The van der Waals surface area contributed by atoms with Crippen molar-refractivity contribution in [3.05, 3.63) is 41.2 Å². The molecule has 1 aromatic rings. The minimum atomic E-state index is -0.873. The number of hydrogen-bond acceptors (Lipinski definition) is 6. The van der Waals surface area contributed by atoms with Gasteiger partial charge >= 0.3 is 0 Å². The second-order valence-electron chi connectivity index (χ2n) is 7.46. The van der Waals surface area contributed by atoms with Crippen molar-refractivity contribution in [3.63, 3.8) is 0 Å². The number of epoxide rings is 1. The third-order valence-electron chi connectivity index (χ3n) is 5.57. The second-order valence-corrected chi connectivity index (χ2v) is 7.46. The molecule has 4 bridgehead atoms. The summed E-state index contributed by atoms with van der Waals surface area (Å²) in [7, 11) is 0. The summed E-state index contributed by atoms with van der Waals surface area (Å²) >= 11 is 0. The minimum absolute atomic E-state index is 0.00168. The number of rotatable bonds is 0. The normalized spacial score (nSPS) is 36.6. The molecular formula is C20H23NO6. The van der Waals surface area contributed by atoms with E-state index in [-0.39, 0.29) is 23.5 Å². The van der Waals surface area contributed by atoms with Gasteiger partial charge in [-0.25, -0.2) is 0 Å². The van der Waals surface area contributed by atoms with Gasteiger partial charge < -0.3 is 25.0 Å². The highest BCUT2D eigenvalue weighted by atomic mass is 16.6. The lowest BCUT2D eigenvalue weighted by Crippen LogP contribution is -2.31. The van der Waals surface area contributed by atoms with Gasteiger partial charge in [-0.15, -0.1) is 0 Å². The Bertz CT molecular complexity index is 786. The topological polar surface area (TPSA) is 108 Å². The second kappa shape index (κ2) is 6.98. The van der Waals surface area contributed by atoms with E-state index in [9.17, 15) is 19.8 Å². The summed E-state index contributed by atoms with van der Waals surface area (Å²) in [6, 6.07) is 6.64. The molecule has 4 heterocycles. The van der Waals surface area contributed by atoms with Crippen molar-refractivity contribution < 1.29 is 29.3 Å². The van der Waals surface area contributed by atoms with Crippen molar-refractivity contribution in [1.29, 1.82) is 0 Å². The summed E-state index contributed by atoms with van der Waals surface area (Å²) in [6.45, 7) is 2.06. The van der Waals surface area contributed by atoms with E-state index in [0.29, 0.717) is 31.6 Å². The van der Waals surface area contributed by atoms with E-state index < -0.39 is 29.8 Å². The predicted molar refractivity (Wildman–Crippen MR) is 95.3 cm³/mol. The first-order chi connectivity index (χ1) is 12.9. The van der Waals surface area contributed by atoms with E-state index in [1.54, 1.807) is 6.92 Å². The lowest BCUT2D eigenvalue weighted by Gasteiger charge is -2.18. The minimum Gasteiger partial charge on any atom is -0.511 e. The number of aliphatic hydroxyl groups is 2. The van der Waals surface area contributed by atoms with Crippen molar-refractivity contribution in [2.24, 2.45) is 5.92 Å². The number of carbonyl (C=O) groups excluding carboxylic acids is 2. The number of fused-ring (bicyclic) bond motifs is 7. The molecule has 5 atom stereocenters. The van der Waals surface area contributed by atoms with Crippen molar-refractivity contribution >= 4 is 11.7 Å². The van der Waals surface area contributed by atoms with Crippen LogP contribution in [0.3, 0.4) is 0 Å². The van der Waals surface area contributed by atoms with E-state index >= 15 is 0 Å². The zero-order valence-corrected chi connectivity index (χ0v) is 15.1. The van der Waals surface area contributed by atoms with Crippen LogP contribution in [-0.4, -0.2) is 52.9 Å². The number of hydrogen-bond donors (Lipinski definition) is 3. The number of benzene rings is 1. The number of nitrogens with one attached hydrogen (secondary N) is 1.